The van der Waals surface area contributed by atoms with Gasteiger partial charge in [-0.15, -0.1) is 0 Å². The molecule has 0 fully saturated rings. The van der Waals surface area contributed by atoms with E-state index in [1.54, 1.807) is 19.4 Å². The predicted octanol–water partition coefficient (Wildman–Crippen LogP) is 1.39. The average Bonchev–Trinajstić information content (AvgIpc) is 2.87. The first-order valence-corrected chi connectivity index (χ1v) is 7.12. The molecule has 0 aliphatic carbocycles. The van der Waals surface area contributed by atoms with Crippen molar-refractivity contribution in [3.8, 4) is 0 Å². The van der Waals surface area contributed by atoms with Crippen LogP contribution in [-0.4, -0.2) is 52.1 Å². The SMILES string of the molecule is CC(C)[C@H]1C=CCN1Cc1cnc(N(C)CC(=O)O)nc1. The van der Waals surface area contributed by atoms with E-state index in [4.69, 9.17) is 5.11 Å². The number of anilines is 1. The molecule has 0 radical (unpaired) electrons. The van der Waals surface area contributed by atoms with Gasteiger partial charge in [0.05, 0.1) is 0 Å². The molecule has 0 aromatic carbocycles. The first kappa shape index (κ1) is 15.4. The highest BCUT2D eigenvalue weighted by molar-refractivity contribution is 5.72. The van der Waals surface area contributed by atoms with Crippen molar-refractivity contribution in [3.05, 3.63) is 30.1 Å². The molecule has 1 atom stereocenters. The molecule has 6 heteroatoms. The number of rotatable bonds is 6. The number of hydrogen-bond acceptors (Lipinski definition) is 5. The number of carboxylic acids is 1. The second-order valence-electron chi connectivity index (χ2n) is 5.73. The summed E-state index contributed by atoms with van der Waals surface area (Å²) in [6.07, 6.45) is 7.99. The third-order valence-electron chi connectivity index (χ3n) is 3.57. The highest BCUT2D eigenvalue weighted by Gasteiger charge is 2.22. The van der Waals surface area contributed by atoms with Gasteiger partial charge in [0.1, 0.15) is 6.54 Å². The summed E-state index contributed by atoms with van der Waals surface area (Å²) in [6.45, 7) is 6.08. The minimum absolute atomic E-state index is 0.106. The Morgan fingerprint density at radius 3 is 2.71 bits per heavy atom. The molecule has 6 nitrogen and oxygen atoms in total. The van der Waals surface area contributed by atoms with Gasteiger partial charge in [-0.3, -0.25) is 9.69 Å². The van der Waals surface area contributed by atoms with Gasteiger partial charge in [-0.25, -0.2) is 9.97 Å². The fraction of sp³-hybridized carbons (Fsp3) is 0.533. The Balaban J connectivity index is 1.98. The Kier molecular flexibility index (Phi) is 4.90. The lowest BCUT2D eigenvalue weighted by molar-refractivity contribution is -0.135. The van der Waals surface area contributed by atoms with Gasteiger partial charge >= 0.3 is 5.97 Å². The zero-order valence-corrected chi connectivity index (χ0v) is 12.7. The number of nitrogens with zero attached hydrogens (tertiary/aromatic N) is 4. The van der Waals surface area contributed by atoms with E-state index in [-0.39, 0.29) is 6.54 Å². The molecule has 0 amide bonds. The zero-order chi connectivity index (χ0) is 15.4. The molecule has 0 bridgehead atoms. The Hall–Kier alpha value is -1.95. The Morgan fingerprint density at radius 2 is 2.14 bits per heavy atom. The zero-order valence-electron chi connectivity index (χ0n) is 12.7. The molecule has 1 aromatic heterocycles. The molecule has 0 saturated carbocycles. The molecule has 0 unspecified atom stereocenters. The van der Waals surface area contributed by atoms with Gasteiger partial charge in [0, 0.05) is 44.1 Å². The first-order valence-electron chi connectivity index (χ1n) is 7.12. The molecule has 0 saturated heterocycles. The monoisotopic (exact) mass is 290 g/mol. The maximum absolute atomic E-state index is 10.7. The summed E-state index contributed by atoms with van der Waals surface area (Å²) in [7, 11) is 1.67. The van der Waals surface area contributed by atoms with Crippen LogP contribution < -0.4 is 4.90 Å². The maximum atomic E-state index is 10.7. The van der Waals surface area contributed by atoms with Crippen LogP contribution in [0.15, 0.2) is 24.5 Å². The second kappa shape index (κ2) is 6.67. The lowest BCUT2D eigenvalue weighted by atomic mass is 10.0. The van der Waals surface area contributed by atoms with Crippen LogP contribution in [0.4, 0.5) is 5.95 Å². The van der Waals surface area contributed by atoms with Crippen molar-refractivity contribution in [1.29, 1.82) is 0 Å². The van der Waals surface area contributed by atoms with Crippen LogP contribution in [0.5, 0.6) is 0 Å². The van der Waals surface area contributed by atoms with E-state index in [0.29, 0.717) is 17.9 Å². The molecule has 2 heterocycles. The smallest absolute Gasteiger partial charge is 0.323 e. The number of aliphatic carboxylic acids is 1. The summed E-state index contributed by atoms with van der Waals surface area (Å²) >= 11 is 0. The van der Waals surface area contributed by atoms with Crippen LogP contribution in [0.1, 0.15) is 19.4 Å². The lowest BCUT2D eigenvalue weighted by Crippen LogP contribution is -2.33. The summed E-state index contributed by atoms with van der Waals surface area (Å²) in [5.41, 5.74) is 1.04. The fourth-order valence-corrected chi connectivity index (χ4v) is 2.53. The Bertz CT molecular complexity index is 513. The molecule has 21 heavy (non-hydrogen) atoms. The molecule has 1 aromatic rings. The van der Waals surface area contributed by atoms with Crippen LogP contribution in [0.3, 0.4) is 0 Å². The number of carbonyl (C=O) groups is 1. The van der Waals surface area contributed by atoms with Crippen LogP contribution in [0, 0.1) is 5.92 Å². The van der Waals surface area contributed by atoms with Crippen molar-refractivity contribution in [1.82, 2.24) is 14.9 Å². The molecule has 114 valence electrons. The van der Waals surface area contributed by atoms with Crippen molar-refractivity contribution < 1.29 is 9.90 Å². The molecule has 1 aliphatic rings. The quantitative estimate of drug-likeness (QED) is 0.799. The van der Waals surface area contributed by atoms with E-state index in [9.17, 15) is 4.79 Å². The summed E-state index contributed by atoms with van der Waals surface area (Å²) in [4.78, 5) is 23.1. The molecule has 2 rings (SSSR count). The van der Waals surface area contributed by atoms with Crippen LogP contribution in [-0.2, 0) is 11.3 Å². The van der Waals surface area contributed by atoms with Gasteiger partial charge in [-0.05, 0) is 5.92 Å². The van der Waals surface area contributed by atoms with Gasteiger partial charge in [-0.2, -0.15) is 0 Å². The van der Waals surface area contributed by atoms with Gasteiger partial charge in [0.25, 0.3) is 0 Å². The van der Waals surface area contributed by atoms with Crippen LogP contribution in [0.2, 0.25) is 0 Å². The highest BCUT2D eigenvalue weighted by atomic mass is 16.4. The third-order valence-corrected chi connectivity index (χ3v) is 3.57. The van der Waals surface area contributed by atoms with Gasteiger partial charge in [0.2, 0.25) is 5.95 Å². The van der Waals surface area contributed by atoms with Gasteiger partial charge < -0.3 is 10.0 Å². The largest absolute Gasteiger partial charge is 0.480 e. The summed E-state index contributed by atoms with van der Waals surface area (Å²) in [5.74, 6) is 0.111. The Labute approximate surface area is 125 Å². The molecular formula is C15H22N4O2. The van der Waals surface area contributed by atoms with Crippen molar-refractivity contribution in [2.75, 3.05) is 25.0 Å². The van der Waals surface area contributed by atoms with E-state index < -0.39 is 5.97 Å². The molecule has 0 spiro atoms. The number of hydrogen-bond donors (Lipinski definition) is 1. The predicted molar refractivity (Wildman–Crippen MR) is 81.1 cm³/mol. The van der Waals surface area contributed by atoms with Gasteiger partial charge in [0.15, 0.2) is 0 Å². The fourth-order valence-electron chi connectivity index (χ4n) is 2.53. The second-order valence-corrected chi connectivity index (χ2v) is 5.73. The Morgan fingerprint density at radius 1 is 1.48 bits per heavy atom. The number of likely N-dealkylation sites (N-methyl/N-ethyl adjacent to an activating group) is 1. The van der Waals surface area contributed by atoms with Crippen molar-refractivity contribution in [2.24, 2.45) is 5.92 Å². The van der Waals surface area contributed by atoms with Crippen molar-refractivity contribution in [3.63, 3.8) is 0 Å². The van der Waals surface area contributed by atoms with Crippen molar-refractivity contribution >= 4 is 11.9 Å². The maximum Gasteiger partial charge on any atom is 0.323 e. The third kappa shape index (κ3) is 4.01. The van der Waals surface area contributed by atoms with Crippen LogP contribution >= 0.6 is 0 Å². The summed E-state index contributed by atoms with van der Waals surface area (Å²) in [5, 5.41) is 8.76. The van der Waals surface area contributed by atoms with E-state index in [1.807, 2.05) is 0 Å². The highest BCUT2D eigenvalue weighted by Crippen LogP contribution is 2.20. The molecular weight excluding hydrogens is 268 g/mol. The van der Waals surface area contributed by atoms with E-state index >= 15 is 0 Å². The number of aromatic nitrogens is 2. The molecule has 1 N–H and O–H groups in total. The topological polar surface area (TPSA) is 69.6 Å². The van der Waals surface area contributed by atoms with E-state index in [1.165, 1.54) is 4.90 Å². The normalized spacial score (nSPS) is 18.4. The summed E-state index contributed by atoms with van der Waals surface area (Å²) in [6, 6.07) is 0.458. The molecule has 1 aliphatic heterocycles. The standard InChI is InChI=1S/C15H22N4O2/c1-11(2)13-5-4-6-19(13)9-12-7-16-15(17-8-12)18(3)10-14(20)21/h4-5,7-8,11,13H,6,9-10H2,1-3H3,(H,20,21)/t13-/m1/s1. The van der Waals surface area contributed by atoms with Crippen molar-refractivity contribution in [2.45, 2.75) is 26.4 Å². The first-order chi connectivity index (χ1) is 9.97. The van der Waals surface area contributed by atoms with E-state index in [0.717, 1.165) is 18.7 Å². The minimum Gasteiger partial charge on any atom is -0.480 e. The summed E-state index contributed by atoms with van der Waals surface area (Å²) < 4.78 is 0. The van der Waals surface area contributed by atoms with Crippen LogP contribution in [0.25, 0.3) is 0 Å². The number of carboxylic acid groups (broad SMARTS) is 1. The minimum atomic E-state index is -0.895. The van der Waals surface area contributed by atoms with E-state index in [2.05, 4.69) is 40.9 Å². The lowest BCUT2D eigenvalue weighted by Gasteiger charge is -2.27. The average molecular weight is 290 g/mol. The van der Waals surface area contributed by atoms with Gasteiger partial charge in [-0.1, -0.05) is 26.0 Å².